The topological polar surface area (TPSA) is 59.8 Å². The lowest BCUT2D eigenvalue weighted by molar-refractivity contribution is -0.118. The molecule has 140 valence electrons. The standard InChI is InChI=1S/C21H24N4OS/c1-16-8-6-7-11-19(16)12-13-22-20(26)15-27-21-24-23-17(2)25(21)14-18-9-4-3-5-10-18/h3-11H,12-15H2,1-2H3,(H,22,26). The van der Waals surface area contributed by atoms with E-state index in [1.54, 1.807) is 0 Å². The van der Waals surface area contributed by atoms with Gasteiger partial charge in [0.05, 0.1) is 12.3 Å². The van der Waals surface area contributed by atoms with E-state index in [4.69, 9.17) is 0 Å². The Balaban J connectivity index is 1.50. The number of thioether (sulfide) groups is 1. The molecule has 0 fully saturated rings. The summed E-state index contributed by atoms with van der Waals surface area (Å²) in [6.45, 7) is 5.37. The van der Waals surface area contributed by atoms with Crippen molar-refractivity contribution >= 4 is 17.7 Å². The third-order valence-electron chi connectivity index (χ3n) is 4.40. The maximum atomic E-state index is 12.2. The van der Waals surface area contributed by atoms with Crippen LogP contribution in [-0.4, -0.2) is 33.0 Å². The summed E-state index contributed by atoms with van der Waals surface area (Å²) in [5.74, 6) is 1.20. The molecule has 27 heavy (non-hydrogen) atoms. The number of hydrogen-bond donors (Lipinski definition) is 1. The Morgan fingerprint density at radius 1 is 1.04 bits per heavy atom. The van der Waals surface area contributed by atoms with Gasteiger partial charge in [0.25, 0.3) is 0 Å². The smallest absolute Gasteiger partial charge is 0.230 e. The Kier molecular flexibility index (Phi) is 6.65. The Bertz CT molecular complexity index is 892. The van der Waals surface area contributed by atoms with E-state index in [1.165, 1.54) is 28.5 Å². The maximum Gasteiger partial charge on any atom is 0.230 e. The van der Waals surface area contributed by atoms with Gasteiger partial charge >= 0.3 is 0 Å². The first-order valence-electron chi connectivity index (χ1n) is 9.01. The number of hydrogen-bond acceptors (Lipinski definition) is 4. The summed E-state index contributed by atoms with van der Waals surface area (Å²) >= 11 is 1.42. The molecule has 0 aliphatic carbocycles. The normalized spacial score (nSPS) is 10.7. The van der Waals surface area contributed by atoms with Crippen molar-refractivity contribution in [3.05, 3.63) is 77.1 Å². The van der Waals surface area contributed by atoms with Crippen LogP contribution in [-0.2, 0) is 17.8 Å². The van der Waals surface area contributed by atoms with Gasteiger partial charge < -0.3 is 9.88 Å². The number of nitrogens with zero attached hydrogens (tertiary/aromatic N) is 3. The quantitative estimate of drug-likeness (QED) is 0.609. The molecule has 6 heteroatoms. The lowest BCUT2D eigenvalue weighted by atomic mass is 10.1. The number of rotatable bonds is 8. The molecule has 0 spiro atoms. The van der Waals surface area contributed by atoms with E-state index in [0.29, 0.717) is 18.8 Å². The van der Waals surface area contributed by atoms with Crippen molar-refractivity contribution in [3.8, 4) is 0 Å². The van der Waals surface area contributed by atoms with Crippen molar-refractivity contribution in [3.63, 3.8) is 0 Å². The molecule has 0 radical (unpaired) electrons. The lowest BCUT2D eigenvalue weighted by Crippen LogP contribution is -2.27. The average Bonchev–Trinajstić information content (AvgIpc) is 3.02. The Morgan fingerprint density at radius 3 is 2.56 bits per heavy atom. The number of carbonyl (C=O) groups excluding carboxylic acids is 1. The van der Waals surface area contributed by atoms with Gasteiger partial charge in [-0.2, -0.15) is 0 Å². The van der Waals surface area contributed by atoms with Crippen LogP contribution >= 0.6 is 11.8 Å². The van der Waals surface area contributed by atoms with E-state index in [1.807, 2.05) is 41.8 Å². The molecule has 3 aromatic rings. The highest BCUT2D eigenvalue weighted by Crippen LogP contribution is 2.18. The molecule has 2 aromatic carbocycles. The zero-order valence-corrected chi connectivity index (χ0v) is 16.5. The van der Waals surface area contributed by atoms with Crippen LogP contribution in [0, 0.1) is 13.8 Å². The molecular weight excluding hydrogens is 356 g/mol. The van der Waals surface area contributed by atoms with Crippen LogP contribution in [0.25, 0.3) is 0 Å². The van der Waals surface area contributed by atoms with E-state index >= 15 is 0 Å². The van der Waals surface area contributed by atoms with Crippen molar-refractivity contribution < 1.29 is 4.79 Å². The van der Waals surface area contributed by atoms with E-state index in [9.17, 15) is 4.79 Å². The largest absolute Gasteiger partial charge is 0.355 e. The zero-order valence-electron chi connectivity index (χ0n) is 15.7. The van der Waals surface area contributed by atoms with Crippen LogP contribution in [0.5, 0.6) is 0 Å². The second-order valence-electron chi connectivity index (χ2n) is 6.42. The fourth-order valence-corrected chi connectivity index (χ4v) is 3.64. The Hall–Kier alpha value is -2.60. The highest BCUT2D eigenvalue weighted by molar-refractivity contribution is 7.99. The predicted molar refractivity (Wildman–Crippen MR) is 109 cm³/mol. The number of nitrogens with one attached hydrogen (secondary N) is 1. The lowest BCUT2D eigenvalue weighted by Gasteiger charge is -2.09. The Morgan fingerprint density at radius 2 is 1.78 bits per heavy atom. The van der Waals surface area contributed by atoms with Crippen LogP contribution in [0.1, 0.15) is 22.5 Å². The van der Waals surface area contributed by atoms with Crippen LogP contribution < -0.4 is 5.32 Å². The average molecular weight is 381 g/mol. The van der Waals surface area contributed by atoms with Crippen molar-refractivity contribution in [1.82, 2.24) is 20.1 Å². The van der Waals surface area contributed by atoms with E-state index < -0.39 is 0 Å². The predicted octanol–water partition coefficient (Wildman–Crippen LogP) is 3.39. The van der Waals surface area contributed by atoms with Crippen LogP contribution in [0.15, 0.2) is 59.8 Å². The third-order valence-corrected chi connectivity index (χ3v) is 5.36. The molecule has 0 saturated heterocycles. The molecular formula is C21H24N4OS. The monoisotopic (exact) mass is 380 g/mol. The molecule has 0 aliphatic heterocycles. The Labute approximate surface area is 164 Å². The summed E-state index contributed by atoms with van der Waals surface area (Å²) in [5.41, 5.74) is 3.71. The molecule has 5 nitrogen and oxygen atoms in total. The fraction of sp³-hybridized carbons (Fsp3) is 0.286. The fourth-order valence-electron chi connectivity index (χ4n) is 2.82. The van der Waals surface area contributed by atoms with Gasteiger partial charge in [0, 0.05) is 6.54 Å². The number of aromatic nitrogens is 3. The number of benzene rings is 2. The minimum absolute atomic E-state index is 0.0144. The van der Waals surface area contributed by atoms with Crippen LogP contribution in [0.2, 0.25) is 0 Å². The van der Waals surface area contributed by atoms with Crippen LogP contribution in [0.4, 0.5) is 0 Å². The highest BCUT2D eigenvalue weighted by atomic mass is 32.2. The molecule has 0 aliphatic rings. The van der Waals surface area contributed by atoms with E-state index in [0.717, 1.165) is 17.4 Å². The molecule has 1 amide bonds. The first-order chi connectivity index (χ1) is 13.1. The van der Waals surface area contributed by atoms with E-state index in [2.05, 4.69) is 46.7 Å². The van der Waals surface area contributed by atoms with Gasteiger partial charge in [-0.3, -0.25) is 4.79 Å². The van der Waals surface area contributed by atoms with Gasteiger partial charge in [0.15, 0.2) is 5.16 Å². The maximum absolute atomic E-state index is 12.2. The number of amides is 1. The molecule has 0 bridgehead atoms. The summed E-state index contributed by atoms with van der Waals surface area (Å²) in [6, 6.07) is 18.4. The van der Waals surface area contributed by atoms with Gasteiger partial charge in [-0.25, -0.2) is 0 Å². The first kappa shape index (κ1) is 19.2. The molecule has 0 unspecified atom stereocenters. The van der Waals surface area contributed by atoms with Gasteiger partial charge in [-0.05, 0) is 37.0 Å². The SMILES string of the molecule is Cc1ccccc1CCNC(=O)CSc1nnc(C)n1Cc1ccccc1. The van der Waals surface area contributed by atoms with Gasteiger partial charge in [-0.15, -0.1) is 10.2 Å². The summed E-state index contributed by atoms with van der Waals surface area (Å²) in [7, 11) is 0. The van der Waals surface area contributed by atoms with Gasteiger partial charge in [0.2, 0.25) is 5.91 Å². The number of aryl methyl sites for hydroxylation is 2. The number of carbonyl (C=O) groups is 1. The zero-order chi connectivity index (χ0) is 19.1. The molecule has 1 heterocycles. The van der Waals surface area contributed by atoms with Gasteiger partial charge in [-0.1, -0.05) is 66.4 Å². The molecule has 1 aromatic heterocycles. The third kappa shape index (κ3) is 5.44. The van der Waals surface area contributed by atoms with Crippen molar-refractivity contribution in [2.45, 2.75) is 32.0 Å². The summed E-state index contributed by atoms with van der Waals surface area (Å²) in [4.78, 5) is 12.2. The first-order valence-corrected chi connectivity index (χ1v) is 10.00. The molecule has 3 rings (SSSR count). The molecule has 0 saturated carbocycles. The van der Waals surface area contributed by atoms with Crippen LogP contribution in [0.3, 0.4) is 0 Å². The highest BCUT2D eigenvalue weighted by Gasteiger charge is 2.12. The van der Waals surface area contributed by atoms with E-state index in [-0.39, 0.29) is 5.91 Å². The molecule has 1 N–H and O–H groups in total. The second-order valence-corrected chi connectivity index (χ2v) is 7.36. The minimum Gasteiger partial charge on any atom is -0.355 e. The summed E-state index contributed by atoms with van der Waals surface area (Å²) < 4.78 is 2.04. The minimum atomic E-state index is 0.0144. The van der Waals surface area contributed by atoms with Crippen molar-refractivity contribution in [1.29, 1.82) is 0 Å². The van der Waals surface area contributed by atoms with Crippen molar-refractivity contribution in [2.75, 3.05) is 12.3 Å². The summed E-state index contributed by atoms with van der Waals surface area (Å²) in [6.07, 6.45) is 0.840. The molecule has 0 atom stereocenters. The van der Waals surface area contributed by atoms with Gasteiger partial charge in [0.1, 0.15) is 5.82 Å². The van der Waals surface area contributed by atoms with Crippen molar-refractivity contribution in [2.24, 2.45) is 0 Å². The summed E-state index contributed by atoms with van der Waals surface area (Å²) in [5, 5.41) is 12.1. The second kappa shape index (κ2) is 9.37.